The highest BCUT2D eigenvalue weighted by atomic mass is 32.1. The molecule has 0 saturated carbocycles. The number of rotatable bonds is 3. The third kappa shape index (κ3) is 3.02. The Morgan fingerprint density at radius 1 is 1.20 bits per heavy atom. The van der Waals surface area contributed by atoms with E-state index in [2.05, 4.69) is 15.5 Å². The normalized spacial score (nSPS) is 11.2. The molecule has 20 heavy (non-hydrogen) atoms. The zero-order chi connectivity index (χ0) is 14.8. The van der Waals surface area contributed by atoms with Gasteiger partial charge >= 0.3 is 6.18 Å². The van der Waals surface area contributed by atoms with Gasteiger partial charge in [0.05, 0.1) is 23.0 Å². The number of hydrogen-bond donors (Lipinski definition) is 2. The van der Waals surface area contributed by atoms with Gasteiger partial charge in [0.2, 0.25) is 0 Å². The van der Waals surface area contributed by atoms with E-state index in [1.807, 2.05) is 0 Å². The molecule has 0 saturated heterocycles. The van der Waals surface area contributed by atoms with E-state index in [4.69, 9.17) is 18.0 Å². The fourth-order valence-corrected chi connectivity index (χ4v) is 1.75. The van der Waals surface area contributed by atoms with Crippen LogP contribution in [0, 0.1) is 0 Å². The smallest absolute Gasteiger partial charge is 0.389 e. The van der Waals surface area contributed by atoms with Crippen LogP contribution >= 0.6 is 12.2 Å². The van der Waals surface area contributed by atoms with E-state index in [0.717, 1.165) is 6.07 Å². The summed E-state index contributed by atoms with van der Waals surface area (Å²) in [5, 5.41) is 9.90. The van der Waals surface area contributed by atoms with E-state index in [-0.39, 0.29) is 16.5 Å². The number of halogens is 3. The van der Waals surface area contributed by atoms with Crippen molar-refractivity contribution in [2.24, 2.45) is 5.73 Å². The molecule has 0 bridgehead atoms. The molecule has 1 aromatic heterocycles. The summed E-state index contributed by atoms with van der Waals surface area (Å²) in [5.41, 5.74) is 4.87. The van der Waals surface area contributed by atoms with Crippen LogP contribution in [0.5, 0.6) is 0 Å². The average molecular weight is 298 g/mol. The number of thiocarbonyl (C=S) groups is 1. The van der Waals surface area contributed by atoms with E-state index < -0.39 is 11.7 Å². The van der Waals surface area contributed by atoms with Crippen molar-refractivity contribution in [3.8, 4) is 0 Å². The van der Waals surface area contributed by atoms with Gasteiger partial charge in [0, 0.05) is 0 Å². The summed E-state index contributed by atoms with van der Waals surface area (Å²) in [7, 11) is 0. The predicted octanol–water partition coefficient (Wildman–Crippen LogP) is 2.87. The topological polar surface area (TPSA) is 63.8 Å². The van der Waals surface area contributed by atoms with Crippen LogP contribution in [-0.2, 0) is 6.18 Å². The van der Waals surface area contributed by atoms with E-state index in [0.29, 0.717) is 5.56 Å². The summed E-state index contributed by atoms with van der Waals surface area (Å²) in [6.07, 6.45) is -3.12. The van der Waals surface area contributed by atoms with Crippen molar-refractivity contribution in [3.63, 3.8) is 0 Å². The van der Waals surface area contributed by atoms with E-state index in [1.165, 1.54) is 30.5 Å². The minimum absolute atomic E-state index is 0.0203. The Morgan fingerprint density at radius 2 is 1.90 bits per heavy atom. The number of anilines is 2. The Kier molecular flexibility index (Phi) is 3.84. The minimum Gasteiger partial charge on any atom is -0.389 e. The number of benzene rings is 1. The van der Waals surface area contributed by atoms with Crippen LogP contribution < -0.4 is 11.1 Å². The molecule has 0 aliphatic heterocycles. The Balaban J connectivity index is 2.44. The van der Waals surface area contributed by atoms with E-state index in [9.17, 15) is 13.2 Å². The highest BCUT2D eigenvalue weighted by Gasteiger charge is 2.33. The monoisotopic (exact) mass is 298 g/mol. The van der Waals surface area contributed by atoms with Crippen molar-refractivity contribution >= 4 is 28.7 Å². The predicted molar refractivity (Wildman–Crippen MR) is 72.6 cm³/mol. The quantitative estimate of drug-likeness (QED) is 0.853. The third-order valence-corrected chi connectivity index (χ3v) is 2.69. The lowest BCUT2D eigenvalue weighted by atomic mass is 10.1. The van der Waals surface area contributed by atoms with Crippen molar-refractivity contribution in [2.45, 2.75) is 6.18 Å². The summed E-state index contributed by atoms with van der Waals surface area (Å²) in [6, 6.07) is 6.53. The van der Waals surface area contributed by atoms with Gasteiger partial charge in [-0.05, 0) is 18.2 Å². The van der Waals surface area contributed by atoms with Crippen LogP contribution in [0.1, 0.15) is 11.1 Å². The van der Waals surface area contributed by atoms with Gasteiger partial charge in [-0.1, -0.05) is 24.4 Å². The highest BCUT2D eigenvalue weighted by Crippen LogP contribution is 2.35. The first-order chi connectivity index (χ1) is 9.39. The van der Waals surface area contributed by atoms with Gasteiger partial charge in [0.15, 0.2) is 5.82 Å². The molecule has 0 aliphatic carbocycles. The van der Waals surface area contributed by atoms with Crippen LogP contribution in [-0.4, -0.2) is 15.2 Å². The first kappa shape index (κ1) is 14.2. The second-order valence-electron chi connectivity index (χ2n) is 3.83. The largest absolute Gasteiger partial charge is 0.418 e. The molecular weight excluding hydrogens is 289 g/mol. The molecule has 0 atom stereocenters. The number of nitrogens with two attached hydrogens (primary N) is 1. The SMILES string of the molecule is NC(=S)c1ccnnc1Nc1ccccc1C(F)(F)F. The molecule has 0 radical (unpaired) electrons. The lowest BCUT2D eigenvalue weighted by Gasteiger charge is -2.14. The van der Waals surface area contributed by atoms with Gasteiger partial charge in [-0.2, -0.15) is 18.3 Å². The molecule has 0 aliphatic rings. The minimum atomic E-state index is -4.48. The molecule has 104 valence electrons. The second kappa shape index (κ2) is 5.41. The number of nitrogens with one attached hydrogen (secondary N) is 1. The zero-order valence-electron chi connectivity index (χ0n) is 9.98. The number of aromatic nitrogens is 2. The van der Waals surface area contributed by atoms with Crippen LogP contribution in [0.2, 0.25) is 0 Å². The van der Waals surface area contributed by atoms with Crippen molar-refractivity contribution in [1.82, 2.24) is 10.2 Å². The Morgan fingerprint density at radius 3 is 2.55 bits per heavy atom. The average Bonchev–Trinajstić information content (AvgIpc) is 2.38. The summed E-state index contributed by atoms with van der Waals surface area (Å²) < 4.78 is 38.7. The van der Waals surface area contributed by atoms with Gasteiger partial charge in [-0.3, -0.25) is 0 Å². The molecule has 1 heterocycles. The maximum absolute atomic E-state index is 12.9. The molecule has 2 rings (SSSR count). The zero-order valence-corrected chi connectivity index (χ0v) is 10.8. The molecule has 8 heteroatoms. The Labute approximate surface area is 117 Å². The van der Waals surface area contributed by atoms with Gasteiger partial charge < -0.3 is 11.1 Å². The van der Waals surface area contributed by atoms with Crippen LogP contribution in [0.4, 0.5) is 24.7 Å². The lowest BCUT2D eigenvalue weighted by Crippen LogP contribution is -2.15. The summed E-state index contributed by atoms with van der Waals surface area (Å²) in [4.78, 5) is 0.0203. The fourth-order valence-electron chi connectivity index (χ4n) is 1.59. The number of nitrogens with zero attached hydrogens (tertiary/aromatic N) is 2. The van der Waals surface area contributed by atoms with Crippen molar-refractivity contribution in [3.05, 3.63) is 47.7 Å². The molecule has 1 aromatic carbocycles. The van der Waals surface area contributed by atoms with Gasteiger partial charge in [-0.25, -0.2) is 0 Å². The lowest BCUT2D eigenvalue weighted by molar-refractivity contribution is -0.136. The maximum atomic E-state index is 12.9. The van der Waals surface area contributed by atoms with E-state index in [1.54, 1.807) is 0 Å². The Hall–Kier alpha value is -2.22. The molecule has 4 nitrogen and oxygen atoms in total. The van der Waals surface area contributed by atoms with Gasteiger partial charge in [0.1, 0.15) is 4.99 Å². The third-order valence-electron chi connectivity index (χ3n) is 2.47. The molecule has 2 aromatic rings. The summed E-state index contributed by atoms with van der Waals surface area (Å²) >= 11 is 4.82. The van der Waals surface area contributed by atoms with Gasteiger partial charge in [-0.15, -0.1) is 5.10 Å². The van der Waals surface area contributed by atoms with Crippen LogP contribution in [0.3, 0.4) is 0 Å². The van der Waals surface area contributed by atoms with Crippen molar-refractivity contribution in [1.29, 1.82) is 0 Å². The second-order valence-corrected chi connectivity index (χ2v) is 4.27. The van der Waals surface area contributed by atoms with Crippen LogP contribution in [0.15, 0.2) is 36.5 Å². The highest BCUT2D eigenvalue weighted by molar-refractivity contribution is 7.80. The number of alkyl halides is 3. The maximum Gasteiger partial charge on any atom is 0.418 e. The molecule has 0 unspecified atom stereocenters. The number of para-hydroxylation sites is 1. The summed E-state index contributed by atoms with van der Waals surface area (Å²) in [5.74, 6) is 0.0803. The molecule has 0 fully saturated rings. The summed E-state index contributed by atoms with van der Waals surface area (Å²) in [6.45, 7) is 0. The first-order valence-corrected chi connectivity index (χ1v) is 5.85. The van der Waals surface area contributed by atoms with Crippen LogP contribution in [0.25, 0.3) is 0 Å². The first-order valence-electron chi connectivity index (χ1n) is 5.44. The Bertz CT molecular complexity index is 643. The van der Waals surface area contributed by atoms with Gasteiger partial charge in [0.25, 0.3) is 0 Å². The molecule has 3 N–H and O–H groups in total. The van der Waals surface area contributed by atoms with E-state index >= 15 is 0 Å². The molecule has 0 spiro atoms. The van der Waals surface area contributed by atoms with Crippen molar-refractivity contribution in [2.75, 3.05) is 5.32 Å². The van der Waals surface area contributed by atoms with Crippen molar-refractivity contribution < 1.29 is 13.2 Å². The number of hydrogen-bond acceptors (Lipinski definition) is 4. The molecular formula is C12H9F3N4S. The molecule has 0 amide bonds. The fraction of sp³-hybridized carbons (Fsp3) is 0.0833. The standard InChI is InChI=1S/C12H9F3N4S/c13-12(14,15)8-3-1-2-4-9(8)18-11-7(10(16)20)5-6-17-19-11/h1-6H,(H2,16,20)(H,18,19).